The Hall–Kier alpha value is -3.92. The van der Waals surface area contributed by atoms with E-state index in [0.717, 1.165) is 0 Å². The van der Waals surface area contributed by atoms with Gasteiger partial charge < -0.3 is 37.9 Å². The summed E-state index contributed by atoms with van der Waals surface area (Å²) in [6, 6.07) is 0. The summed E-state index contributed by atoms with van der Waals surface area (Å²) in [5.74, 6) is -17.7. The van der Waals surface area contributed by atoms with E-state index in [2.05, 4.69) is 0 Å². The third-order valence-electron chi connectivity index (χ3n) is 17.6. The first-order valence-electron chi connectivity index (χ1n) is 18.6. The number of hydrogen-bond donors (Lipinski definition) is 0. The molecule has 0 aromatic carbocycles. The van der Waals surface area contributed by atoms with Crippen LogP contribution in [0.25, 0.3) is 0 Å². The van der Waals surface area contributed by atoms with Crippen molar-refractivity contribution in [3.05, 3.63) is 0 Å². The molecule has 2 unspecified atom stereocenters. The second kappa shape index (κ2) is 8.96. The normalized spacial score (nSPS) is 59.2. The molecular weight excluding hydrogens is 700 g/mol. The summed E-state index contributed by atoms with van der Waals surface area (Å²) in [4.78, 5) is 111. The Balaban J connectivity index is 1.09. The summed E-state index contributed by atoms with van der Waals surface area (Å²) in [5, 5.41) is 0. The first-order valence-corrected chi connectivity index (χ1v) is 18.6. The van der Waals surface area contributed by atoms with Crippen molar-refractivity contribution in [2.75, 3.05) is 28.4 Å². The third kappa shape index (κ3) is 2.66. The molecule has 53 heavy (non-hydrogen) atoms. The summed E-state index contributed by atoms with van der Waals surface area (Å²) < 4.78 is 46.5. The highest BCUT2D eigenvalue weighted by molar-refractivity contribution is 6.00. The molecule has 0 aromatic rings. The van der Waals surface area contributed by atoms with Gasteiger partial charge in [-0.1, -0.05) is 0 Å². The summed E-state index contributed by atoms with van der Waals surface area (Å²) in [6.07, 6.45) is 1.18. The smallest absolute Gasteiger partial charge is 0.338 e. The number of hydrogen-bond acceptors (Lipinski definition) is 16. The maximum Gasteiger partial charge on any atom is 0.338 e. The third-order valence-corrected chi connectivity index (χ3v) is 17.6. The van der Waals surface area contributed by atoms with Gasteiger partial charge in [0.15, 0.2) is 22.4 Å². The SMILES string of the molecule is COC(=O)[C@@]12O[C@@](C(=O)OC)([C@H]3[C@H]4C[C@H]([C@H]5C(=O)OC(=O)[C@@H]45)[C@H]31)[C@@H]1C3CC([C@@H]4[C@H]3[C@]3(C(=O)OC)O[C@@]4(C(=O)OC)[C@H]4[C@H]5C[C@H]([C@H]6C(=O)OC(=O)[C@@H]56)[C@H]43)[C@@H]12. The summed E-state index contributed by atoms with van der Waals surface area (Å²) in [5.41, 5.74) is -7.07. The van der Waals surface area contributed by atoms with Gasteiger partial charge in [0.05, 0.1) is 52.1 Å². The number of cyclic esters (lactones) is 4. The van der Waals surface area contributed by atoms with Crippen molar-refractivity contribution in [1.82, 2.24) is 0 Å². The minimum atomic E-state index is -1.77. The Kier molecular flexibility index (Phi) is 5.31. The van der Waals surface area contributed by atoms with Crippen molar-refractivity contribution in [3.63, 3.8) is 0 Å². The lowest BCUT2D eigenvalue weighted by Crippen LogP contribution is -2.69. The number of carbonyl (C=O) groups is 8. The van der Waals surface area contributed by atoms with E-state index < -0.39 is 177 Å². The van der Waals surface area contributed by atoms with E-state index >= 15 is 0 Å². The zero-order valence-corrected chi connectivity index (χ0v) is 29.0. The molecule has 280 valence electrons. The van der Waals surface area contributed by atoms with Crippen molar-refractivity contribution in [3.8, 4) is 0 Å². The number of rotatable bonds is 4. The van der Waals surface area contributed by atoms with Gasteiger partial charge in [-0.25, -0.2) is 19.2 Å². The topological polar surface area (TPSA) is 210 Å². The molecule has 0 spiro atoms. The van der Waals surface area contributed by atoms with Gasteiger partial charge in [0.1, 0.15) is 0 Å². The molecule has 0 aromatic heterocycles. The van der Waals surface area contributed by atoms with Gasteiger partial charge in [-0.15, -0.1) is 0 Å². The van der Waals surface area contributed by atoms with Crippen molar-refractivity contribution in [2.24, 2.45) is 107 Å². The van der Waals surface area contributed by atoms with Crippen LogP contribution in [-0.2, 0) is 76.3 Å². The standard InChI is InChI=1S/C37H36O16/c1-46-30(42)34-18-8-5-9(15-14(8)26(38)50-27(15)39)19(18)35(52-34,31(43)47-2)23-13-7-12(22(23)34)24-25(13)37(33(45)49-4)21-11-6-10(16-17(11)29(41)51-28(16)40)20(21)36(24,53-37)32(44)48-3/h8-25H,5-7H2,1-4H3/t8-,9+,10+,11-,12?,13?,14-,15+,16+,17-,18-,19+,20+,21-,22+,23-,24-,25+,34-,35+,36+,37-. The van der Waals surface area contributed by atoms with E-state index in [0.29, 0.717) is 19.3 Å². The molecule has 0 radical (unpaired) electrons. The number of methoxy groups -OCH3 is 4. The van der Waals surface area contributed by atoms with E-state index in [1.165, 1.54) is 28.4 Å². The van der Waals surface area contributed by atoms with Crippen LogP contribution in [0, 0.1) is 107 Å². The van der Waals surface area contributed by atoms with Crippen molar-refractivity contribution in [1.29, 1.82) is 0 Å². The Labute approximate surface area is 300 Å². The zero-order chi connectivity index (χ0) is 36.8. The maximum atomic E-state index is 14.6. The number of esters is 8. The van der Waals surface area contributed by atoms with Crippen LogP contribution in [0.1, 0.15) is 19.3 Å². The quantitative estimate of drug-likeness (QED) is 0.197. The zero-order valence-electron chi connectivity index (χ0n) is 29.0. The van der Waals surface area contributed by atoms with Crippen LogP contribution in [0.5, 0.6) is 0 Å². The molecule has 0 N–H and O–H groups in total. The molecule has 22 atom stereocenters. The van der Waals surface area contributed by atoms with Crippen molar-refractivity contribution >= 4 is 47.8 Å². The molecule has 6 aliphatic heterocycles. The first kappa shape index (κ1) is 31.4. The Morgan fingerprint density at radius 3 is 0.849 bits per heavy atom. The fourth-order valence-electron chi connectivity index (χ4n) is 17.6. The predicted molar refractivity (Wildman–Crippen MR) is 160 cm³/mol. The largest absolute Gasteiger partial charge is 0.467 e. The van der Waals surface area contributed by atoms with Crippen LogP contribution in [-0.4, -0.2) is 98.6 Å². The van der Waals surface area contributed by atoms with Gasteiger partial charge in [0.25, 0.3) is 0 Å². The van der Waals surface area contributed by atoms with Gasteiger partial charge in [-0.3, -0.25) is 19.2 Å². The molecular formula is C37H36O16. The Morgan fingerprint density at radius 2 is 0.623 bits per heavy atom. The van der Waals surface area contributed by atoms with Gasteiger partial charge in [-0.2, -0.15) is 0 Å². The van der Waals surface area contributed by atoms with Crippen molar-refractivity contribution < 1.29 is 76.3 Å². The minimum absolute atomic E-state index is 0.386. The molecule has 16 nitrogen and oxygen atoms in total. The predicted octanol–water partition coefficient (Wildman–Crippen LogP) is -0.768. The molecule has 6 aliphatic carbocycles. The van der Waals surface area contributed by atoms with E-state index in [9.17, 15) is 38.4 Å². The summed E-state index contributed by atoms with van der Waals surface area (Å²) in [7, 11) is 4.95. The molecule has 16 heteroatoms. The molecule has 6 saturated carbocycles. The van der Waals surface area contributed by atoms with Crippen LogP contribution in [0.4, 0.5) is 0 Å². The van der Waals surface area contributed by atoms with Crippen molar-refractivity contribution in [2.45, 2.75) is 41.7 Å². The van der Waals surface area contributed by atoms with E-state index in [4.69, 9.17) is 37.9 Å². The molecule has 12 rings (SSSR count). The van der Waals surface area contributed by atoms with Crippen LogP contribution in [0.15, 0.2) is 0 Å². The van der Waals surface area contributed by atoms with Crippen LogP contribution in [0.2, 0.25) is 0 Å². The lowest BCUT2D eigenvalue weighted by molar-refractivity contribution is -0.194. The van der Waals surface area contributed by atoms with Gasteiger partial charge in [0, 0.05) is 47.3 Å². The Bertz CT molecular complexity index is 1700. The highest BCUT2D eigenvalue weighted by Gasteiger charge is 2.98. The fraction of sp³-hybridized carbons (Fsp3) is 0.784. The highest BCUT2D eigenvalue weighted by Crippen LogP contribution is 2.88. The van der Waals surface area contributed by atoms with Gasteiger partial charge in [-0.05, 0) is 54.8 Å². The highest BCUT2D eigenvalue weighted by atomic mass is 16.6. The average molecular weight is 737 g/mol. The minimum Gasteiger partial charge on any atom is -0.467 e. The second-order valence-electron chi connectivity index (χ2n) is 17.8. The Morgan fingerprint density at radius 1 is 0.415 bits per heavy atom. The van der Waals surface area contributed by atoms with Gasteiger partial charge in [0.2, 0.25) is 0 Å². The molecule has 0 amide bonds. The van der Waals surface area contributed by atoms with E-state index in [-0.39, 0.29) is 0 Å². The molecule has 6 heterocycles. The number of ether oxygens (including phenoxy) is 8. The summed E-state index contributed by atoms with van der Waals surface area (Å²) in [6.45, 7) is 0. The number of fused-ring (bicyclic) bond motifs is 36. The van der Waals surface area contributed by atoms with Crippen LogP contribution < -0.4 is 0 Å². The lowest BCUT2D eigenvalue weighted by Gasteiger charge is -2.56. The number of carbonyl (C=O) groups excluding carboxylic acids is 8. The first-order chi connectivity index (χ1) is 25.4. The van der Waals surface area contributed by atoms with Crippen LogP contribution >= 0.6 is 0 Å². The molecule has 12 fully saturated rings. The monoisotopic (exact) mass is 736 g/mol. The summed E-state index contributed by atoms with van der Waals surface area (Å²) >= 11 is 0. The molecule has 10 bridgehead atoms. The fourth-order valence-corrected chi connectivity index (χ4v) is 17.6. The van der Waals surface area contributed by atoms with Crippen LogP contribution in [0.3, 0.4) is 0 Å². The second-order valence-corrected chi connectivity index (χ2v) is 17.8. The average Bonchev–Trinajstić information content (AvgIpc) is 3.99. The van der Waals surface area contributed by atoms with E-state index in [1.807, 2.05) is 0 Å². The maximum absolute atomic E-state index is 14.6. The van der Waals surface area contributed by atoms with E-state index in [1.54, 1.807) is 0 Å². The molecule has 6 saturated heterocycles. The van der Waals surface area contributed by atoms with Gasteiger partial charge >= 0.3 is 47.8 Å². The molecule has 12 aliphatic rings. The lowest BCUT2D eigenvalue weighted by atomic mass is 9.41.